The van der Waals surface area contributed by atoms with Crippen LogP contribution < -0.4 is 11.1 Å². The molecule has 1 aromatic heterocycles. The monoisotopic (exact) mass is 224 g/mol. The van der Waals surface area contributed by atoms with Crippen LogP contribution in [0.25, 0.3) is 0 Å². The van der Waals surface area contributed by atoms with Crippen molar-refractivity contribution >= 4 is 5.91 Å². The molecule has 1 heterocycles. The quantitative estimate of drug-likeness (QED) is 0.761. The number of carbonyl (C=O) groups excluding carboxylic acids is 1. The van der Waals surface area contributed by atoms with E-state index in [4.69, 9.17) is 5.73 Å². The second-order valence-electron chi connectivity index (χ2n) is 4.11. The molecular formula is C11H20N4O. The Labute approximate surface area is 96.0 Å². The van der Waals surface area contributed by atoms with Gasteiger partial charge in [-0.25, -0.2) is 0 Å². The predicted octanol–water partition coefficient (Wildman–Crippen LogP) is 0.410. The Bertz CT molecular complexity index is 348. The highest BCUT2D eigenvalue weighted by Gasteiger charge is 2.18. The first-order valence-electron chi connectivity index (χ1n) is 5.56. The Morgan fingerprint density at radius 3 is 2.88 bits per heavy atom. The highest BCUT2D eigenvalue weighted by Crippen LogP contribution is 2.05. The van der Waals surface area contributed by atoms with Crippen molar-refractivity contribution in [2.75, 3.05) is 0 Å². The van der Waals surface area contributed by atoms with Gasteiger partial charge in [-0.3, -0.25) is 9.48 Å². The smallest absolute Gasteiger partial charge is 0.237 e. The Hall–Kier alpha value is -1.36. The number of rotatable bonds is 5. The zero-order valence-corrected chi connectivity index (χ0v) is 10.1. The molecule has 2 atom stereocenters. The fourth-order valence-electron chi connectivity index (χ4n) is 1.37. The van der Waals surface area contributed by atoms with Crippen LogP contribution in [-0.4, -0.2) is 21.7 Å². The summed E-state index contributed by atoms with van der Waals surface area (Å²) in [7, 11) is 1.84. The number of aryl methyl sites for hydroxylation is 1. The summed E-state index contributed by atoms with van der Waals surface area (Å²) in [5, 5.41) is 6.96. The Kier molecular flexibility index (Phi) is 4.49. The number of amides is 1. The fourth-order valence-corrected chi connectivity index (χ4v) is 1.37. The number of hydrogen-bond donors (Lipinski definition) is 2. The van der Waals surface area contributed by atoms with Crippen molar-refractivity contribution in [2.45, 2.75) is 32.9 Å². The molecule has 1 rings (SSSR count). The first kappa shape index (κ1) is 12.7. The van der Waals surface area contributed by atoms with Gasteiger partial charge in [0.1, 0.15) is 0 Å². The lowest BCUT2D eigenvalue weighted by Crippen LogP contribution is -2.44. The van der Waals surface area contributed by atoms with Crippen molar-refractivity contribution in [2.24, 2.45) is 18.7 Å². The average molecular weight is 224 g/mol. The first-order valence-corrected chi connectivity index (χ1v) is 5.56. The maximum absolute atomic E-state index is 11.7. The van der Waals surface area contributed by atoms with Crippen molar-refractivity contribution in [3.05, 3.63) is 18.0 Å². The van der Waals surface area contributed by atoms with E-state index in [0.29, 0.717) is 6.54 Å². The minimum atomic E-state index is -0.436. The van der Waals surface area contributed by atoms with Gasteiger partial charge in [0.2, 0.25) is 5.91 Å². The largest absolute Gasteiger partial charge is 0.349 e. The van der Waals surface area contributed by atoms with Crippen LogP contribution in [0.2, 0.25) is 0 Å². The molecule has 0 aliphatic heterocycles. The van der Waals surface area contributed by atoms with Gasteiger partial charge in [-0.15, -0.1) is 0 Å². The molecule has 16 heavy (non-hydrogen) atoms. The van der Waals surface area contributed by atoms with Gasteiger partial charge in [0.25, 0.3) is 0 Å². The summed E-state index contributed by atoms with van der Waals surface area (Å²) in [5.74, 6) is 0.0868. The van der Waals surface area contributed by atoms with Gasteiger partial charge in [0.15, 0.2) is 0 Å². The number of nitrogens with zero attached hydrogens (tertiary/aromatic N) is 2. The van der Waals surface area contributed by atoms with E-state index in [2.05, 4.69) is 10.4 Å². The lowest BCUT2D eigenvalue weighted by molar-refractivity contribution is -0.123. The summed E-state index contributed by atoms with van der Waals surface area (Å²) in [4.78, 5) is 11.7. The summed E-state index contributed by atoms with van der Waals surface area (Å²) in [5.41, 5.74) is 6.64. The van der Waals surface area contributed by atoms with Crippen molar-refractivity contribution in [3.63, 3.8) is 0 Å². The van der Waals surface area contributed by atoms with Crippen LogP contribution in [-0.2, 0) is 18.4 Å². The molecule has 5 heteroatoms. The SMILES string of the molecule is CC[C@H](C)[C@H](N)C(=O)NCc1ccn(C)n1. The van der Waals surface area contributed by atoms with Crippen LogP contribution in [0.15, 0.2) is 12.3 Å². The second-order valence-corrected chi connectivity index (χ2v) is 4.11. The molecule has 0 radical (unpaired) electrons. The predicted molar refractivity (Wildman–Crippen MR) is 62.5 cm³/mol. The number of aromatic nitrogens is 2. The van der Waals surface area contributed by atoms with Gasteiger partial charge >= 0.3 is 0 Å². The third-order valence-corrected chi connectivity index (χ3v) is 2.77. The van der Waals surface area contributed by atoms with E-state index >= 15 is 0 Å². The molecule has 0 unspecified atom stereocenters. The topological polar surface area (TPSA) is 72.9 Å². The Morgan fingerprint density at radius 2 is 2.38 bits per heavy atom. The minimum absolute atomic E-state index is 0.111. The van der Waals surface area contributed by atoms with Crippen LogP contribution in [0, 0.1) is 5.92 Å². The van der Waals surface area contributed by atoms with Crippen LogP contribution in [0.3, 0.4) is 0 Å². The lowest BCUT2D eigenvalue weighted by atomic mass is 9.99. The van der Waals surface area contributed by atoms with E-state index in [1.165, 1.54) is 0 Å². The molecule has 90 valence electrons. The van der Waals surface area contributed by atoms with E-state index in [1.807, 2.05) is 33.2 Å². The summed E-state index contributed by atoms with van der Waals surface area (Å²) < 4.78 is 1.70. The molecule has 3 N–H and O–H groups in total. The zero-order chi connectivity index (χ0) is 12.1. The Balaban J connectivity index is 2.40. The molecule has 0 saturated carbocycles. The van der Waals surface area contributed by atoms with Gasteiger partial charge in [0, 0.05) is 13.2 Å². The normalized spacial score (nSPS) is 14.5. The molecule has 0 saturated heterocycles. The molecule has 0 aliphatic rings. The fraction of sp³-hybridized carbons (Fsp3) is 0.636. The van der Waals surface area contributed by atoms with Crippen molar-refractivity contribution < 1.29 is 4.79 Å². The molecular weight excluding hydrogens is 204 g/mol. The van der Waals surface area contributed by atoms with Gasteiger partial charge in [-0.05, 0) is 12.0 Å². The molecule has 1 aromatic rings. The van der Waals surface area contributed by atoms with E-state index in [9.17, 15) is 4.79 Å². The maximum atomic E-state index is 11.7. The summed E-state index contributed by atoms with van der Waals surface area (Å²) in [6, 6.07) is 1.43. The maximum Gasteiger partial charge on any atom is 0.237 e. The summed E-state index contributed by atoms with van der Waals surface area (Å²) in [6.07, 6.45) is 2.74. The van der Waals surface area contributed by atoms with Crippen LogP contribution >= 0.6 is 0 Å². The molecule has 0 fully saturated rings. The lowest BCUT2D eigenvalue weighted by Gasteiger charge is -2.17. The first-order chi connectivity index (χ1) is 7.54. The molecule has 0 aromatic carbocycles. The van der Waals surface area contributed by atoms with E-state index in [-0.39, 0.29) is 11.8 Å². The van der Waals surface area contributed by atoms with Crippen LogP contribution in [0.1, 0.15) is 26.0 Å². The highest BCUT2D eigenvalue weighted by atomic mass is 16.2. The van der Waals surface area contributed by atoms with Gasteiger partial charge in [-0.1, -0.05) is 20.3 Å². The van der Waals surface area contributed by atoms with Gasteiger partial charge in [0.05, 0.1) is 18.3 Å². The second kappa shape index (κ2) is 5.65. The van der Waals surface area contributed by atoms with Crippen molar-refractivity contribution in [1.29, 1.82) is 0 Å². The number of nitrogens with two attached hydrogens (primary N) is 1. The van der Waals surface area contributed by atoms with Gasteiger partial charge in [-0.2, -0.15) is 5.10 Å². The molecule has 0 spiro atoms. The average Bonchev–Trinajstić information content (AvgIpc) is 2.69. The van der Waals surface area contributed by atoms with E-state index in [0.717, 1.165) is 12.1 Å². The number of nitrogens with one attached hydrogen (secondary N) is 1. The number of carbonyl (C=O) groups is 1. The molecule has 0 bridgehead atoms. The zero-order valence-electron chi connectivity index (χ0n) is 10.1. The van der Waals surface area contributed by atoms with Crippen molar-refractivity contribution in [3.8, 4) is 0 Å². The standard InChI is InChI=1S/C11H20N4O/c1-4-8(2)10(12)11(16)13-7-9-5-6-15(3)14-9/h5-6,8,10H,4,7,12H2,1-3H3,(H,13,16)/t8-,10-/m0/s1. The minimum Gasteiger partial charge on any atom is -0.349 e. The summed E-state index contributed by atoms with van der Waals surface area (Å²) in [6.45, 7) is 4.44. The third kappa shape index (κ3) is 3.34. The van der Waals surface area contributed by atoms with E-state index < -0.39 is 6.04 Å². The Morgan fingerprint density at radius 1 is 1.69 bits per heavy atom. The number of hydrogen-bond acceptors (Lipinski definition) is 3. The van der Waals surface area contributed by atoms with Crippen LogP contribution in [0.5, 0.6) is 0 Å². The summed E-state index contributed by atoms with van der Waals surface area (Å²) >= 11 is 0. The van der Waals surface area contributed by atoms with Gasteiger partial charge < -0.3 is 11.1 Å². The molecule has 5 nitrogen and oxygen atoms in total. The van der Waals surface area contributed by atoms with Crippen molar-refractivity contribution in [1.82, 2.24) is 15.1 Å². The van der Waals surface area contributed by atoms with Crippen LogP contribution in [0.4, 0.5) is 0 Å². The molecule has 0 aliphatic carbocycles. The molecule has 1 amide bonds. The third-order valence-electron chi connectivity index (χ3n) is 2.77. The van der Waals surface area contributed by atoms with E-state index in [1.54, 1.807) is 4.68 Å². The highest BCUT2D eigenvalue weighted by molar-refractivity contribution is 5.81.